The highest BCUT2D eigenvalue weighted by molar-refractivity contribution is 7.91. The SMILES string of the molecule is COCC(C)CNS(=O)(=O)c1ccc(CNC(C)C)s1. The fourth-order valence-electron chi connectivity index (χ4n) is 1.57. The van der Waals surface area contributed by atoms with E-state index in [1.807, 2.05) is 13.0 Å². The highest BCUT2D eigenvalue weighted by atomic mass is 32.2. The van der Waals surface area contributed by atoms with Gasteiger partial charge in [-0.05, 0) is 18.1 Å². The summed E-state index contributed by atoms with van der Waals surface area (Å²) in [6, 6.07) is 3.89. The first-order valence-electron chi connectivity index (χ1n) is 6.66. The van der Waals surface area contributed by atoms with Crippen LogP contribution in [0.25, 0.3) is 0 Å². The van der Waals surface area contributed by atoms with E-state index in [0.29, 0.717) is 29.9 Å². The van der Waals surface area contributed by atoms with Gasteiger partial charge in [0.1, 0.15) is 4.21 Å². The molecular weight excluding hydrogens is 296 g/mol. The number of thiophene rings is 1. The van der Waals surface area contributed by atoms with Crippen LogP contribution in [0.3, 0.4) is 0 Å². The van der Waals surface area contributed by atoms with E-state index in [1.165, 1.54) is 11.3 Å². The van der Waals surface area contributed by atoms with Crippen LogP contribution < -0.4 is 10.0 Å². The van der Waals surface area contributed by atoms with E-state index >= 15 is 0 Å². The van der Waals surface area contributed by atoms with Gasteiger partial charge in [-0.25, -0.2) is 13.1 Å². The maximum absolute atomic E-state index is 12.1. The lowest BCUT2D eigenvalue weighted by molar-refractivity contribution is 0.161. The minimum absolute atomic E-state index is 0.150. The van der Waals surface area contributed by atoms with Gasteiger partial charge in [0, 0.05) is 37.7 Å². The molecule has 1 aromatic heterocycles. The molecule has 0 spiro atoms. The summed E-state index contributed by atoms with van der Waals surface area (Å²) in [4.78, 5) is 1.02. The Kier molecular flexibility index (Phi) is 7.11. The van der Waals surface area contributed by atoms with Gasteiger partial charge in [-0.3, -0.25) is 0 Å². The van der Waals surface area contributed by atoms with Gasteiger partial charge >= 0.3 is 0 Å². The Balaban J connectivity index is 2.59. The van der Waals surface area contributed by atoms with Crippen LogP contribution >= 0.6 is 11.3 Å². The molecule has 0 saturated carbocycles. The lowest BCUT2D eigenvalue weighted by atomic mass is 10.2. The fourth-order valence-corrected chi connectivity index (χ4v) is 4.09. The Morgan fingerprint density at radius 3 is 2.60 bits per heavy atom. The molecule has 2 N–H and O–H groups in total. The summed E-state index contributed by atoms with van der Waals surface area (Å²) in [7, 11) is -1.80. The highest BCUT2D eigenvalue weighted by Crippen LogP contribution is 2.21. The molecule has 116 valence electrons. The molecule has 0 fully saturated rings. The van der Waals surface area contributed by atoms with E-state index in [2.05, 4.69) is 23.9 Å². The van der Waals surface area contributed by atoms with E-state index in [-0.39, 0.29) is 5.92 Å². The molecule has 0 bridgehead atoms. The third-order valence-corrected chi connectivity index (χ3v) is 5.66. The molecule has 0 aliphatic heterocycles. The Hall–Kier alpha value is -0.470. The van der Waals surface area contributed by atoms with Gasteiger partial charge in [-0.1, -0.05) is 20.8 Å². The van der Waals surface area contributed by atoms with Crippen molar-refractivity contribution in [2.75, 3.05) is 20.3 Å². The third kappa shape index (κ3) is 5.88. The molecule has 1 atom stereocenters. The van der Waals surface area contributed by atoms with Crippen molar-refractivity contribution in [3.8, 4) is 0 Å². The van der Waals surface area contributed by atoms with Crippen LogP contribution in [-0.2, 0) is 21.3 Å². The van der Waals surface area contributed by atoms with E-state index in [0.717, 1.165) is 4.88 Å². The molecule has 7 heteroatoms. The molecule has 1 heterocycles. The summed E-state index contributed by atoms with van der Waals surface area (Å²) in [6.07, 6.45) is 0. The molecule has 20 heavy (non-hydrogen) atoms. The predicted molar refractivity (Wildman–Crippen MR) is 82.5 cm³/mol. The quantitative estimate of drug-likeness (QED) is 0.728. The first-order chi connectivity index (χ1) is 9.35. The number of ether oxygens (including phenoxy) is 1. The van der Waals surface area contributed by atoms with Crippen LogP contribution in [0.15, 0.2) is 16.3 Å². The highest BCUT2D eigenvalue weighted by Gasteiger charge is 2.17. The molecular formula is C13H24N2O3S2. The Labute approximate surface area is 125 Å². The molecule has 5 nitrogen and oxygen atoms in total. The zero-order chi connectivity index (χ0) is 15.2. The second-order valence-electron chi connectivity index (χ2n) is 5.17. The summed E-state index contributed by atoms with van der Waals surface area (Å²) < 4.78 is 32.2. The summed E-state index contributed by atoms with van der Waals surface area (Å²) >= 11 is 1.30. The summed E-state index contributed by atoms with van der Waals surface area (Å²) in [5.41, 5.74) is 0. The zero-order valence-electron chi connectivity index (χ0n) is 12.5. The second-order valence-corrected chi connectivity index (χ2v) is 8.33. The van der Waals surface area contributed by atoms with Gasteiger partial charge < -0.3 is 10.1 Å². The van der Waals surface area contributed by atoms with E-state index < -0.39 is 10.0 Å². The number of hydrogen-bond acceptors (Lipinski definition) is 5. The molecule has 1 aromatic rings. The van der Waals surface area contributed by atoms with E-state index in [1.54, 1.807) is 13.2 Å². The molecule has 1 unspecified atom stereocenters. The van der Waals surface area contributed by atoms with E-state index in [9.17, 15) is 8.42 Å². The predicted octanol–water partition coefficient (Wildman–Crippen LogP) is 1.81. The van der Waals surface area contributed by atoms with Gasteiger partial charge in [-0.15, -0.1) is 11.3 Å². The first-order valence-corrected chi connectivity index (χ1v) is 8.95. The normalized spacial score (nSPS) is 13.8. The van der Waals surface area contributed by atoms with Crippen LogP contribution in [-0.4, -0.2) is 34.7 Å². The van der Waals surface area contributed by atoms with Crippen molar-refractivity contribution in [2.24, 2.45) is 5.92 Å². The van der Waals surface area contributed by atoms with Crippen molar-refractivity contribution in [2.45, 2.75) is 37.6 Å². The van der Waals surface area contributed by atoms with Crippen molar-refractivity contribution >= 4 is 21.4 Å². The van der Waals surface area contributed by atoms with Gasteiger partial charge in [0.15, 0.2) is 0 Å². The van der Waals surface area contributed by atoms with Crippen LogP contribution in [0.5, 0.6) is 0 Å². The van der Waals surface area contributed by atoms with E-state index in [4.69, 9.17) is 4.74 Å². The number of sulfonamides is 1. The van der Waals surface area contributed by atoms with Crippen molar-refractivity contribution < 1.29 is 13.2 Å². The van der Waals surface area contributed by atoms with Gasteiger partial charge in [0.2, 0.25) is 10.0 Å². The molecule has 0 saturated heterocycles. The largest absolute Gasteiger partial charge is 0.384 e. The molecule has 0 aromatic carbocycles. The molecule has 0 aliphatic carbocycles. The Morgan fingerprint density at radius 1 is 1.30 bits per heavy atom. The Morgan fingerprint density at radius 2 is 2.00 bits per heavy atom. The van der Waals surface area contributed by atoms with Crippen molar-refractivity contribution in [3.05, 3.63) is 17.0 Å². The lowest BCUT2D eigenvalue weighted by Crippen LogP contribution is -2.29. The Bertz CT molecular complexity index is 497. The molecule has 0 radical (unpaired) electrons. The zero-order valence-corrected chi connectivity index (χ0v) is 14.1. The number of methoxy groups -OCH3 is 1. The average Bonchev–Trinajstić information content (AvgIpc) is 2.84. The minimum atomic E-state index is -3.41. The van der Waals surface area contributed by atoms with Crippen molar-refractivity contribution in [1.29, 1.82) is 0 Å². The molecule has 0 amide bonds. The molecule has 0 aliphatic rings. The smallest absolute Gasteiger partial charge is 0.250 e. The summed E-state index contributed by atoms with van der Waals surface area (Å²) in [5, 5.41) is 3.27. The number of rotatable bonds is 9. The second kappa shape index (κ2) is 8.09. The third-order valence-electron chi connectivity index (χ3n) is 2.66. The monoisotopic (exact) mass is 320 g/mol. The standard InChI is InChI=1S/C13H24N2O3S2/c1-10(2)14-8-12-5-6-13(19-12)20(16,17)15-7-11(3)9-18-4/h5-6,10-11,14-15H,7-9H2,1-4H3. The number of hydrogen-bond donors (Lipinski definition) is 2. The fraction of sp³-hybridized carbons (Fsp3) is 0.692. The minimum Gasteiger partial charge on any atom is -0.384 e. The summed E-state index contributed by atoms with van der Waals surface area (Å²) in [5.74, 6) is 0.150. The van der Waals surface area contributed by atoms with Gasteiger partial charge in [0.25, 0.3) is 0 Å². The summed E-state index contributed by atoms with van der Waals surface area (Å²) in [6.45, 7) is 7.68. The first kappa shape index (κ1) is 17.6. The maximum Gasteiger partial charge on any atom is 0.250 e. The van der Waals surface area contributed by atoms with Crippen LogP contribution in [0.1, 0.15) is 25.6 Å². The van der Waals surface area contributed by atoms with Crippen molar-refractivity contribution in [3.63, 3.8) is 0 Å². The number of nitrogens with one attached hydrogen (secondary N) is 2. The lowest BCUT2D eigenvalue weighted by Gasteiger charge is -2.11. The van der Waals surface area contributed by atoms with Crippen LogP contribution in [0, 0.1) is 5.92 Å². The average molecular weight is 320 g/mol. The van der Waals surface area contributed by atoms with Crippen LogP contribution in [0.4, 0.5) is 0 Å². The topological polar surface area (TPSA) is 67.4 Å². The maximum atomic E-state index is 12.1. The molecule has 1 rings (SSSR count). The van der Waals surface area contributed by atoms with Crippen LogP contribution in [0.2, 0.25) is 0 Å². The van der Waals surface area contributed by atoms with Crippen molar-refractivity contribution in [1.82, 2.24) is 10.0 Å². The van der Waals surface area contributed by atoms with Gasteiger partial charge in [0.05, 0.1) is 0 Å². The van der Waals surface area contributed by atoms with Gasteiger partial charge in [-0.2, -0.15) is 0 Å².